The van der Waals surface area contributed by atoms with Gasteiger partial charge in [0, 0.05) is 45.1 Å². The second-order valence-corrected chi connectivity index (χ2v) is 6.45. The molecule has 4 heteroatoms. The molecule has 0 saturated carbocycles. The van der Waals surface area contributed by atoms with Crippen LogP contribution in [0.2, 0.25) is 0 Å². The SMILES string of the molecule is Cc1ccn(C)c1C(=O)N(C)C1CCCN(c2ccccc2)C1. The van der Waals surface area contributed by atoms with Gasteiger partial charge in [0.1, 0.15) is 5.69 Å². The minimum absolute atomic E-state index is 0.120. The van der Waals surface area contributed by atoms with Crippen molar-refractivity contribution in [2.24, 2.45) is 7.05 Å². The van der Waals surface area contributed by atoms with Crippen LogP contribution in [-0.2, 0) is 7.05 Å². The summed E-state index contributed by atoms with van der Waals surface area (Å²) >= 11 is 0. The van der Waals surface area contributed by atoms with Crippen molar-refractivity contribution in [2.75, 3.05) is 25.0 Å². The first-order valence-corrected chi connectivity index (χ1v) is 8.27. The zero-order valence-electron chi connectivity index (χ0n) is 14.2. The fraction of sp³-hybridized carbons (Fsp3) is 0.421. The molecule has 0 radical (unpaired) electrons. The van der Waals surface area contributed by atoms with Crippen LogP contribution in [0.1, 0.15) is 28.9 Å². The van der Waals surface area contributed by atoms with Crippen molar-refractivity contribution >= 4 is 11.6 Å². The van der Waals surface area contributed by atoms with E-state index in [1.807, 2.05) is 48.8 Å². The van der Waals surface area contributed by atoms with Crippen molar-refractivity contribution in [1.82, 2.24) is 9.47 Å². The summed E-state index contributed by atoms with van der Waals surface area (Å²) in [7, 11) is 3.87. The third-order valence-corrected chi connectivity index (χ3v) is 4.86. The monoisotopic (exact) mass is 311 g/mol. The molecule has 23 heavy (non-hydrogen) atoms. The van der Waals surface area contributed by atoms with Crippen molar-refractivity contribution in [3.63, 3.8) is 0 Å². The van der Waals surface area contributed by atoms with Crippen molar-refractivity contribution in [1.29, 1.82) is 0 Å². The topological polar surface area (TPSA) is 28.5 Å². The number of hydrogen-bond donors (Lipinski definition) is 0. The van der Waals surface area contributed by atoms with Crippen LogP contribution in [0.15, 0.2) is 42.6 Å². The molecule has 0 N–H and O–H groups in total. The number of piperidine rings is 1. The minimum atomic E-state index is 0.120. The molecule has 1 aromatic heterocycles. The molecule has 3 rings (SSSR count). The summed E-state index contributed by atoms with van der Waals surface area (Å²) in [5.41, 5.74) is 3.08. The van der Waals surface area contributed by atoms with E-state index in [-0.39, 0.29) is 11.9 Å². The molecular weight excluding hydrogens is 286 g/mol. The number of carbonyl (C=O) groups excluding carboxylic acids is 1. The van der Waals surface area contributed by atoms with E-state index >= 15 is 0 Å². The highest BCUT2D eigenvalue weighted by Crippen LogP contribution is 2.23. The molecule has 122 valence electrons. The van der Waals surface area contributed by atoms with Gasteiger partial charge in [-0.1, -0.05) is 18.2 Å². The molecule has 0 bridgehead atoms. The summed E-state index contributed by atoms with van der Waals surface area (Å²) in [6.07, 6.45) is 4.13. The van der Waals surface area contributed by atoms with E-state index in [2.05, 4.69) is 29.2 Å². The smallest absolute Gasteiger partial charge is 0.270 e. The molecule has 1 amide bonds. The molecule has 1 fully saturated rings. The van der Waals surface area contributed by atoms with E-state index < -0.39 is 0 Å². The van der Waals surface area contributed by atoms with Crippen LogP contribution in [0.5, 0.6) is 0 Å². The van der Waals surface area contributed by atoms with Gasteiger partial charge in [0.25, 0.3) is 5.91 Å². The van der Waals surface area contributed by atoms with Crippen molar-refractivity contribution in [3.05, 3.63) is 53.9 Å². The van der Waals surface area contributed by atoms with Crippen LogP contribution < -0.4 is 4.90 Å². The highest BCUT2D eigenvalue weighted by molar-refractivity contribution is 5.94. The molecular formula is C19H25N3O. The van der Waals surface area contributed by atoms with E-state index in [1.165, 1.54) is 5.69 Å². The molecule has 4 nitrogen and oxygen atoms in total. The number of carbonyl (C=O) groups is 1. The van der Waals surface area contributed by atoms with Crippen molar-refractivity contribution in [3.8, 4) is 0 Å². The zero-order valence-corrected chi connectivity index (χ0v) is 14.2. The summed E-state index contributed by atoms with van der Waals surface area (Å²) in [5, 5.41) is 0. The summed E-state index contributed by atoms with van der Waals surface area (Å²) in [5.74, 6) is 0.120. The van der Waals surface area contributed by atoms with Gasteiger partial charge in [-0.15, -0.1) is 0 Å². The van der Waals surface area contributed by atoms with Crippen LogP contribution >= 0.6 is 0 Å². The molecule has 1 aromatic carbocycles. The number of hydrogen-bond acceptors (Lipinski definition) is 2. The maximum absolute atomic E-state index is 12.9. The van der Waals surface area contributed by atoms with Gasteiger partial charge in [-0.05, 0) is 43.5 Å². The second kappa shape index (κ2) is 6.49. The molecule has 1 saturated heterocycles. The molecule has 1 aliphatic heterocycles. The lowest BCUT2D eigenvalue weighted by Gasteiger charge is -2.39. The quantitative estimate of drug-likeness (QED) is 0.871. The molecule has 0 spiro atoms. The van der Waals surface area contributed by atoms with Gasteiger partial charge < -0.3 is 14.4 Å². The van der Waals surface area contributed by atoms with E-state index in [9.17, 15) is 4.79 Å². The fourth-order valence-corrected chi connectivity index (χ4v) is 3.45. The number of aryl methyl sites for hydroxylation is 2. The van der Waals surface area contributed by atoms with E-state index in [4.69, 9.17) is 0 Å². The van der Waals surface area contributed by atoms with Gasteiger partial charge in [-0.2, -0.15) is 0 Å². The van der Waals surface area contributed by atoms with Crippen molar-refractivity contribution in [2.45, 2.75) is 25.8 Å². The number of nitrogens with zero attached hydrogens (tertiary/aromatic N) is 3. The average Bonchev–Trinajstić information content (AvgIpc) is 2.93. The number of aromatic nitrogens is 1. The first-order valence-electron chi connectivity index (χ1n) is 8.27. The van der Waals surface area contributed by atoms with Crippen molar-refractivity contribution < 1.29 is 4.79 Å². The highest BCUT2D eigenvalue weighted by atomic mass is 16.2. The van der Waals surface area contributed by atoms with Crippen LogP contribution in [0.25, 0.3) is 0 Å². The third-order valence-electron chi connectivity index (χ3n) is 4.86. The maximum Gasteiger partial charge on any atom is 0.270 e. The number of likely N-dealkylation sites (N-methyl/N-ethyl adjacent to an activating group) is 1. The largest absolute Gasteiger partial charge is 0.369 e. The Morgan fingerprint density at radius 1 is 1.22 bits per heavy atom. The lowest BCUT2D eigenvalue weighted by Crippen LogP contribution is -2.49. The van der Waals surface area contributed by atoms with Gasteiger partial charge in [0.05, 0.1) is 0 Å². The Morgan fingerprint density at radius 3 is 2.61 bits per heavy atom. The Bertz CT molecular complexity index is 658. The molecule has 0 aliphatic carbocycles. The van der Waals surface area contributed by atoms with Crippen LogP contribution in [-0.4, -0.2) is 41.6 Å². The fourth-order valence-electron chi connectivity index (χ4n) is 3.45. The Morgan fingerprint density at radius 2 is 1.96 bits per heavy atom. The maximum atomic E-state index is 12.9. The standard InChI is InChI=1S/C19H25N3O/c1-15-11-13-20(2)18(15)19(23)21(3)17-10-7-12-22(14-17)16-8-5-4-6-9-16/h4-6,8-9,11,13,17H,7,10,12,14H2,1-3H3. The van der Waals surface area contributed by atoms with Gasteiger partial charge in [-0.3, -0.25) is 4.79 Å². The van der Waals surface area contributed by atoms with E-state index in [1.54, 1.807) is 0 Å². The van der Waals surface area contributed by atoms with Crippen LogP contribution in [0.3, 0.4) is 0 Å². The Kier molecular flexibility index (Phi) is 4.42. The van der Waals surface area contributed by atoms with E-state index in [0.29, 0.717) is 0 Å². The number of para-hydroxylation sites is 1. The van der Waals surface area contributed by atoms with Gasteiger partial charge in [0.2, 0.25) is 0 Å². The van der Waals surface area contributed by atoms with Gasteiger partial charge >= 0.3 is 0 Å². The van der Waals surface area contributed by atoms with Gasteiger partial charge in [-0.25, -0.2) is 0 Å². The number of rotatable bonds is 3. The Labute approximate surface area is 138 Å². The average molecular weight is 311 g/mol. The first kappa shape index (κ1) is 15.7. The Hall–Kier alpha value is -2.23. The predicted octanol–water partition coefficient (Wildman–Crippen LogP) is 3.07. The molecule has 1 unspecified atom stereocenters. The predicted molar refractivity (Wildman–Crippen MR) is 93.9 cm³/mol. The molecule has 1 aliphatic rings. The second-order valence-electron chi connectivity index (χ2n) is 6.45. The summed E-state index contributed by atoms with van der Waals surface area (Å²) in [4.78, 5) is 17.2. The van der Waals surface area contributed by atoms with E-state index in [0.717, 1.165) is 37.2 Å². The lowest BCUT2D eigenvalue weighted by atomic mass is 10.0. The summed E-state index contributed by atoms with van der Waals surface area (Å²) < 4.78 is 1.92. The number of anilines is 1. The minimum Gasteiger partial charge on any atom is -0.369 e. The normalized spacial score (nSPS) is 18.0. The lowest BCUT2D eigenvalue weighted by molar-refractivity contribution is 0.0707. The summed E-state index contributed by atoms with van der Waals surface area (Å²) in [6, 6.07) is 12.7. The highest BCUT2D eigenvalue weighted by Gasteiger charge is 2.28. The molecule has 1 atom stereocenters. The summed E-state index contributed by atoms with van der Waals surface area (Å²) in [6.45, 7) is 3.96. The van der Waals surface area contributed by atoms with Crippen LogP contribution in [0, 0.1) is 6.92 Å². The molecule has 2 heterocycles. The molecule has 2 aromatic rings. The Balaban J connectivity index is 1.75. The first-order chi connectivity index (χ1) is 11.1. The number of amides is 1. The number of benzene rings is 1. The van der Waals surface area contributed by atoms with Gasteiger partial charge in [0.15, 0.2) is 0 Å². The third kappa shape index (κ3) is 3.11. The van der Waals surface area contributed by atoms with Crippen LogP contribution in [0.4, 0.5) is 5.69 Å². The zero-order chi connectivity index (χ0) is 16.4.